The lowest BCUT2D eigenvalue weighted by Crippen LogP contribution is -2.34. The molecule has 0 aliphatic heterocycles. The Balaban J connectivity index is 1.75. The third-order valence-corrected chi connectivity index (χ3v) is 5.93. The van der Waals surface area contributed by atoms with Gasteiger partial charge in [0, 0.05) is 14.0 Å². The molecule has 0 radical (unpaired) electrons. The van der Waals surface area contributed by atoms with Crippen LogP contribution in [0.3, 0.4) is 0 Å². The van der Waals surface area contributed by atoms with Crippen LogP contribution in [0, 0.1) is 3.57 Å². The predicted molar refractivity (Wildman–Crippen MR) is 111 cm³/mol. The molecule has 0 atom stereocenters. The second-order valence-corrected chi connectivity index (χ2v) is 8.23. The summed E-state index contributed by atoms with van der Waals surface area (Å²) in [5.41, 5.74) is 2.09. The summed E-state index contributed by atoms with van der Waals surface area (Å²) in [7, 11) is 1.36. The van der Waals surface area contributed by atoms with Gasteiger partial charge in [-0.05, 0) is 77.8 Å². The summed E-state index contributed by atoms with van der Waals surface area (Å²) in [6.45, 7) is 0. The Morgan fingerprint density at radius 3 is 2.84 bits per heavy atom. The van der Waals surface area contributed by atoms with E-state index in [2.05, 4.69) is 33.2 Å². The number of anilines is 1. The lowest BCUT2D eigenvalue weighted by molar-refractivity contribution is 0.0601. The minimum Gasteiger partial charge on any atom is -0.465 e. The number of aryl methyl sites for hydroxylation is 1. The Kier molecular flexibility index (Phi) is 5.70. The first kappa shape index (κ1) is 18.3. The molecular weight excluding hydrogens is 471 g/mol. The average Bonchev–Trinajstić information content (AvgIpc) is 3.14. The Bertz CT molecular complexity index is 864. The number of nitrogens with one attached hydrogen (secondary N) is 2. The monoisotopic (exact) mass is 486 g/mol. The van der Waals surface area contributed by atoms with Crippen molar-refractivity contribution in [1.82, 2.24) is 5.32 Å². The van der Waals surface area contributed by atoms with E-state index in [-0.39, 0.29) is 17.0 Å². The fourth-order valence-corrected chi connectivity index (χ4v) is 4.83. The maximum absolute atomic E-state index is 12.3. The predicted octanol–water partition coefficient (Wildman–Crippen LogP) is 3.75. The zero-order valence-electron chi connectivity index (χ0n) is 13.3. The summed E-state index contributed by atoms with van der Waals surface area (Å²) in [5, 5.41) is 6.43. The third kappa shape index (κ3) is 4.01. The Hall–Kier alpha value is -1.52. The smallest absolute Gasteiger partial charge is 0.341 e. The quantitative estimate of drug-likeness (QED) is 0.393. The maximum Gasteiger partial charge on any atom is 0.341 e. The molecule has 1 amide bonds. The number of hydrogen-bond donors (Lipinski definition) is 2. The van der Waals surface area contributed by atoms with Gasteiger partial charge in [0.1, 0.15) is 5.00 Å². The van der Waals surface area contributed by atoms with Gasteiger partial charge in [0.05, 0.1) is 12.7 Å². The molecule has 0 fully saturated rings. The Morgan fingerprint density at radius 1 is 1.32 bits per heavy atom. The van der Waals surface area contributed by atoms with Gasteiger partial charge in [-0.3, -0.25) is 10.1 Å². The fourth-order valence-electron chi connectivity index (χ4n) is 2.75. The number of esters is 1. The van der Waals surface area contributed by atoms with E-state index in [0.717, 1.165) is 28.4 Å². The lowest BCUT2D eigenvalue weighted by atomic mass is 10.1. The first-order chi connectivity index (χ1) is 12.0. The van der Waals surface area contributed by atoms with Gasteiger partial charge in [0.25, 0.3) is 5.91 Å². The van der Waals surface area contributed by atoms with E-state index in [1.807, 2.05) is 12.1 Å². The van der Waals surface area contributed by atoms with E-state index < -0.39 is 0 Å². The van der Waals surface area contributed by atoms with Gasteiger partial charge in [0.15, 0.2) is 5.11 Å². The molecule has 3 rings (SSSR count). The number of methoxy groups -OCH3 is 1. The third-order valence-electron chi connectivity index (χ3n) is 3.85. The highest BCUT2D eigenvalue weighted by molar-refractivity contribution is 14.1. The summed E-state index contributed by atoms with van der Waals surface area (Å²) < 4.78 is 5.87. The van der Waals surface area contributed by atoms with E-state index in [4.69, 9.17) is 17.0 Å². The van der Waals surface area contributed by atoms with Crippen LogP contribution < -0.4 is 10.6 Å². The molecule has 1 heterocycles. The molecular formula is C17H15IN2O3S2. The molecule has 2 N–H and O–H groups in total. The van der Waals surface area contributed by atoms with E-state index in [9.17, 15) is 9.59 Å². The van der Waals surface area contributed by atoms with Gasteiger partial charge in [-0.25, -0.2) is 4.79 Å². The normalized spacial score (nSPS) is 12.4. The molecule has 25 heavy (non-hydrogen) atoms. The van der Waals surface area contributed by atoms with Crippen LogP contribution in [0.4, 0.5) is 5.00 Å². The number of hydrogen-bond acceptors (Lipinski definition) is 5. The molecule has 1 aliphatic rings. The van der Waals surface area contributed by atoms with Crippen molar-refractivity contribution in [2.24, 2.45) is 0 Å². The van der Waals surface area contributed by atoms with Crippen molar-refractivity contribution in [1.29, 1.82) is 0 Å². The molecule has 1 aromatic heterocycles. The highest BCUT2D eigenvalue weighted by Gasteiger charge is 2.27. The molecule has 0 spiro atoms. The molecule has 0 unspecified atom stereocenters. The van der Waals surface area contributed by atoms with Crippen LogP contribution in [0.5, 0.6) is 0 Å². The largest absolute Gasteiger partial charge is 0.465 e. The number of amides is 1. The van der Waals surface area contributed by atoms with Crippen molar-refractivity contribution in [2.75, 3.05) is 12.4 Å². The van der Waals surface area contributed by atoms with Gasteiger partial charge in [-0.2, -0.15) is 0 Å². The molecule has 5 nitrogen and oxygen atoms in total. The molecule has 2 aromatic rings. The number of fused-ring (bicyclic) bond motifs is 1. The van der Waals surface area contributed by atoms with Gasteiger partial charge in [-0.15, -0.1) is 11.3 Å². The van der Waals surface area contributed by atoms with E-state index in [0.29, 0.717) is 16.1 Å². The number of carbonyl (C=O) groups is 2. The van der Waals surface area contributed by atoms with Crippen molar-refractivity contribution in [3.8, 4) is 0 Å². The minimum absolute atomic E-state index is 0.161. The summed E-state index contributed by atoms with van der Waals surface area (Å²) in [5.74, 6) is -0.673. The molecule has 8 heteroatoms. The van der Waals surface area contributed by atoms with E-state index >= 15 is 0 Å². The zero-order chi connectivity index (χ0) is 18.0. The minimum atomic E-state index is -0.381. The molecule has 0 saturated carbocycles. The highest BCUT2D eigenvalue weighted by atomic mass is 127. The number of halogens is 1. The Labute approximate surface area is 168 Å². The molecule has 0 bridgehead atoms. The van der Waals surface area contributed by atoms with Crippen molar-refractivity contribution in [3.05, 3.63) is 49.4 Å². The van der Waals surface area contributed by atoms with E-state index in [1.54, 1.807) is 12.1 Å². The fraction of sp³-hybridized carbons (Fsp3) is 0.235. The number of carbonyl (C=O) groups excluding carboxylic acids is 2. The molecule has 130 valence electrons. The first-order valence-corrected chi connectivity index (χ1v) is 9.90. The van der Waals surface area contributed by atoms with Crippen LogP contribution in [0.15, 0.2) is 24.3 Å². The molecule has 1 aliphatic carbocycles. The van der Waals surface area contributed by atoms with Crippen LogP contribution in [-0.2, 0) is 17.6 Å². The zero-order valence-corrected chi connectivity index (χ0v) is 17.1. The van der Waals surface area contributed by atoms with Gasteiger partial charge in [-0.1, -0.05) is 6.07 Å². The van der Waals surface area contributed by atoms with Crippen LogP contribution in [0.2, 0.25) is 0 Å². The van der Waals surface area contributed by atoms with Crippen LogP contribution in [-0.4, -0.2) is 24.1 Å². The number of thiocarbonyl (C=S) groups is 1. The summed E-state index contributed by atoms with van der Waals surface area (Å²) >= 11 is 8.88. The highest BCUT2D eigenvalue weighted by Crippen LogP contribution is 2.39. The topological polar surface area (TPSA) is 67.4 Å². The number of benzene rings is 1. The van der Waals surface area contributed by atoms with Gasteiger partial charge < -0.3 is 10.1 Å². The Morgan fingerprint density at radius 2 is 2.12 bits per heavy atom. The second-order valence-electron chi connectivity index (χ2n) is 5.47. The average molecular weight is 486 g/mol. The SMILES string of the molecule is COC(=O)c1c(NC(=S)NC(=O)c2cccc(I)c2)sc2c1CCC2. The van der Waals surface area contributed by atoms with Crippen molar-refractivity contribution in [2.45, 2.75) is 19.3 Å². The second kappa shape index (κ2) is 7.79. The number of ether oxygens (including phenoxy) is 1. The van der Waals surface area contributed by atoms with Crippen LogP contribution >= 0.6 is 46.1 Å². The lowest BCUT2D eigenvalue weighted by Gasteiger charge is -2.10. The van der Waals surface area contributed by atoms with Crippen LogP contribution in [0.1, 0.15) is 37.6 Å². The summed E-state index contributed by atoms with van der Waals surface area (Å²) in [6, 6.07) is 7.22. The van der Waals surface area contributed by atoms with Crippen LogP contribution in [0.25, 0.3) is 0 Å². The summed E-state index contributed by atoms with van der Waals surface area (Å²) in [6.07, 6.45) is 2.85. The van der Waals surface area contributed by atoms with Crippen molar-refractivity contribution in [3.63, 3.8) is 0 Å². The van der Waals surface area contributed by atoms with Gasteiger partial charge >= 0.3 is 5.97 Å². The maximum atomic E-state index is 12.3. The van der Waals surface area contributed by atoms with Crippen molar-refractivity contribution < 1.29 is 14.3 Å². The molecule has 1 aromatic carbocycles. The standard InChI is InChI=1S/C17H15IN2O3S2/c1-23-16(22)13-11-6-3-7-12(11)25-15(13)20-17(24)19-14(21)9-4-2-5-10(18)8-9/h2,4-5,8H,3,6-7H2,1H3,(H2,19,20,21,24). The number of rotatable bonds is 3. The first-order valence-electron chi connectivity index (χ1n) is 7.60. The van der Waals surface area contributed by atoms with Crippen molar-refractivity contribution >= 4 is 68.1 Å². The molecule has 0 saturated heterocycles. The summed E-state index contributed by atoms with van der Waals surface area (Å²) in [4.78, 5) is 25.6. The van der Waals surface area contributed by atoms with Gasteiger partial charge in [0.2, 0.25) is 0 Å². The number of thiophene rings is 1. The van der Waals surface area contributed by atoms with E-state index in [1.165, 1.54) is 23.3 Å².